The molecule has 0 aromatic heterocycles. The van der Waals surface area contributed by atoms with Gasteiger partial charge in [0.05, 0.1) is 6.54 Å². The lowest BCUT2D eigenvalue weighted by Crippen LogP contribution is -2.32. The lowest BCUT2D eigenvalue weighted by molar-refractivity contribution is -0.131. The second-order valence-corrected chi connectivity index (χ2v) is 5.54. The fraction of sp³-hybridized carbons (Fsp3) is 0.562. The van der Waals surface area contributed by atoms with E-state index < -0.39 is 0 Å². The summed E-state index contributed by atoms with van der Waals surface area (Å²) in [5.41, 5.74) is 1.18. The van der Waals surface area contributed by atoms with Crippen LogP contribution in [-0.4, -0.2) is 44.1 Å². The normalized spacial score (nSPS) is 18.0. The van der Waals surface area contributed by atoms with Crippen molar-refractivity contribution in [3.8, 4) is 5.75 Å². The number of aryl methyl sites for hydroxylation is 1. The molecule has 1 unspecified atom stereocenters. The van der Waals surface area contributed by atoms with E-state index in [4.69, 9.17) is 4.74 Å². The zero-order valence-electron chi connectivity index (χ0n) is 12.4. The van der Waals surface area contributed by atoms with Gasteiger partial charge >= 0.3 is 0 Å². The Morgan fingerprint density at radius 1 is 1.50 bits per heavy atom. The number of benzene rings is 1. The zero-order valence-corrected chi connectivity index (χ0v) is 12.4. The summed E-state index contributed by atoms with van der Waals surface area (Å²) in [5.74, 6) is 1.58. The number of amides is 1. The molecule has 1 aromatic rings. The zero-order chi connectivity index (χ0) is 14.4. The second kappa shape index (κ2) is 7.29. The monoisotopic (exact) mass is 276 g/mol. The molecule has 1 aromatic carbocycles. The molecule has 1 N–H and O–H groups in total. The summed E-state index contributed by atoms with van der Waals surface area (Å²) in [6.45, 7) is 5.22. The molecular weight excluding hydrogens is 252 g/mol. The molecule has 1 heterocycles. The van der Waals surface area contributed by atoms with E-state index in [1.165, 1.54) is 5.56 Å². The number of carbonyl (C=O) groups is 1. The van der Waals surface area contributed by atoms with Crippen molar-refractivity contribution < 1.29 is 9.53 Å². The molecule has 110 valence electrons. The van der Waals surface area contributed by atoms with E-state index in [-0.39, 0.29) is 5.91 Å². The number of hydrogen-bond acceptors (Lipinski definition) is 3. The molecule has 1 amide bonds. The Hall–Kier alpha value is -1.55. The topological polar surface area (TPSA) is 41.6 Å². The van der Waals surface area contributed by atoms with E-state index in [1.54, 1.807) is 4.90 Å². The maximum Gasteiger partial charge on any atom is 0.222 e. The van der Waals surface area contributed by atoms with E-state index in [1.807, 2.05) is 38.2 Å². The standard InChI is InChI=1S/C16H24N2O2/c1-13-4-3-5-15(10-13)20-9-8-18(2)16(19)11-14-6-7-17-12-14/h3-5,10,14,17H,6-9,11-12H2,1-2H3. The minimum Gasteiger partial charge on any atom is -0.492 e. The van der Waals surface area contributed by atoms with Gasteiger partial charge in [0.2, 0.25) is 5.91 Å². The van der Waals surface area contributed by atoms with E-state index in [2.05, 4.69) is 5.32 Å². The van der Waals surface area contributed by atoms with Crippen molar-refractivity contribution in [1.82, 2.24) is 10.2 Å². The minimum atomic E-state index is 0.214. The fourth-order valence-corrected chi connectivity index (χ4v) is 2.42. The number of likely N-dealkylation sites (N-methyl/N-ethyl adjacent to an activating group) is 1. The van der Waals surface area contributed by atoms with E-state index in [0.29, 0.717) is 25.5 Å². The van der Waals surface area contributed by atoms with Crippen LogP contribution in [0.25, 0.3) is 0 Å². The molecule has 1 atom stereocenters. The Morgan fingerprint density at radius 3 is 3.05 bits per heavy atom. The van der Waals surface area contributed by atoms with Crippen LogP contribution in [0.4, 0.5) is 0 Å². The molecule has 0 spiro atoms. The Labute approximate surface area is 121 Å². The Morgan fingerprint density at radius 2 is 2.35 bits per heavy atom. The molecule has 4 nitrogen and oxygen atoms in total. The van der Waals surface area contributed by atoms with Crippen LogP contribution in [-0.2, 0) is 4.79 Å². The van der Waals surface area contributed by atoms with Crippen LogP contribution >= 0.6 is 0 Å². The first-order chi connectivity index (χ1) is 9.65. The van der Waals surface area contributed by atoms with Gasteiger partial charge in [-0.05, 0) is 50.0 Å². The molecular formula is C16H24N2O2. The fourth-order valence-electron chi connectivity index (χ4n) is 2.42. The number of rotatable bonds is 6. The van der Waals surface area contributed by atoms with Crippen LogP contribution in [0.3, 0.4) is 0 Å². The molecule has 0 bridgehead atoms. The highest BCUT2D eigenvalue weighted by molar-refractivity contribution is 5.76. The van der Waals surface area contributed by atoms with Gasteiger partial charge in [0.1, 0.15) is 12.4 Å². The molecule has 2 rings (SSSR count). The summed E-state index contributed by atoms with van der Waals surface area (Å²) in [6, 6.07) is 7.97. The van der Waals surface area contributed by atoms with E-state index >= 15 is 0 Å². The first kappa shape index (κ1) is 14.9. The van der Waals surface area contributed by atoms with Crippen LogP contribution < -0.4 is 10.1 Å². The van der Waals surface area contributed by atoms with Gasteiger partial charge in [-0.3, -0.25) is 4.79 Å². The van der Waals surface area contributed by atoms with Crippen LogP contribution in [0.1, 0.15) is 18.4 Å². The van der Waals surface area contributed by atoms with Gasteiger partial charge in [-0.15, -0.1) is 0 Å². The van der Waals surface area contributed by atoms with Crippen molar-refractivity contribution >= 4 is 5.91 Å². The highest BCUT2D eigenvalue weighted by atomic mass is 16.5. The Balaban J connectivity index is 1.68. The van der Waals surface area contributed by atoms with Gasteiger partial charge in [-0.1, -0.05) is 12.1 Å². The van der Waals surface area contributed by atoms with E-state index in [9.17, 15) is 4.79 Å². The van der Waals surface area contributed by atoms with Crippen LogP contribution in [0, 0.1) is 12.8 Å². The predicted molar refractivity (Wildman–Crippen MR) is 79.9 cm³/mol. The van der Waals surface area contributed by atoms with Gasteiger partial charge in [-0.2, -0.15) is 0 Å². The third-order valence-electron chi connectivity index (χ3n) is 3.74. The average molecular weight is 276 g/mol. The largest absolute Gasteiger partial charge is 0.492 e. The maximum absolute atomic E-state index is 12.0. The molecule has 1 fully saturated rings. The molecule has 1 aliphatic rings. The number of ether oxygens (including phenoxy) is 1. The average Bonchev–Trinajstić information content (AvgIpc) is 2.91. The molecule has 1 aliphatic heterocycles. The number of hydrogen-bond donors (Lipinski definition) is 1. The summed E-state index contributed by atoms with van der Waals surface area (Å²) in [5, 5.41) is 3.29. The Kier molecular flexibility index (Phi) is 5.41. The van der Waals surface area contributed by atoms with Gasteiger partial charge in [0, 0.05) is 13.5 Å². The number of nitrogens with one attached hydrogen (secondary N) is 1. The molecule has 1 saturated heterocycles. The quantitative estimate of drug-likeness (QED) is 0.862. The summed E-state index contributed by atoms with van der Waals surface area (Å²) >= 11 is 0. The number of nitrogens with zero attached hydrogens (tertiary/aromatic N) is 1. The second-order valence-electron chi connectivity index (χ2n) is 5.54. The third-order valence-corrected chi connectivity index (χ3v) is 3.74. The minimum absolute atomic E-state index is 0.214. The van der Waals surface area contributed by atoms with Crippen molar-refractivity contribution in [2.45, 2.75) is 19.8 Å². The predicted octanol–water partition coefficient (Wildman–Crippen LogP) is 1.83. The molecule has 4 heteroatoms. The first-order valence-corrected chi connectivity index (χ1v) is 7.29. The molecule has 0 radical (unpaired) electrons. The van der Waals surface area contributed by atoms with Crippen LogP contribution in [0.15, 0.2) is 24.3 Å². The van der Waals surface area contributed by atoms with Crippen molar-refractivity contribution in [3.05, 3.63) is 29.8 Å². The Bertz CT molecular complexity index is 442. The van der Waals surface area contributed by atoms with Gasteiger partial charge in [-0.25, -0.2) is 0 Å². The molecule has 0 saturated carbocycles. The van der Waals surface area contributed by atoms with Gasteiger partial charge in [0.25, 0.3) is 0 Å². The van der Waals surface area contributed by atoms with Crippen LogP contribution in [0.2, 0.25) is 0 Å². The highest BCUT2D eigenvalue weighted by Crippen LogP contribution is 2.14. The van der Waals surface area contributed by atoms with Crippen molar-refractivity contribution in [2.75, 3.05) is 33.3 Å². The lowest BCUT2D eigenvalue weighted by Gasteiger charge is -2.19. The highest BCUT2D eigenvalue weighted by Gasteiger charge is 2.19. The summed E-state index contributed by atoms with van der Waals surface area (Å²) in [4.78, 5) is 13.8. The maximum atomic E-state index is 12.0. The lowest BCUT2D eigenvalue weighted by atomic mass is 10.0. The van der Waals surface area contributed by atoms with Crippen molar-refractivity contribution in [1.29, 1.82) is 0 Å². The first-order valence-electron chi connectivity index (χ1n) is 7.29. The van der Waals surface area contributed by atoms with Gasteiger partial charge in [0.15, 0.2) is 0 Å². The SMILES string of the molecule is Cc1cccc(OCCN(C)C(=O)CC2CCNC2)c1. The molecule has 20 heavy (non-hydrogen) atoms. The molecule has 0 aliphatic carbocycles. The summed E-state index contributed by atoms with van der Waals surface area (Å²) in [7, 11) is 1.85. The van der Waals surface area contributed by atoms with Crippen LogP contribution in [0.5, 0.6) is 5.75 Å². The summed E-state index contributed by atoms with van der Waals surface area (Å²) < 4.78 is 5.67. The number of carbonyl (C=O) groups excluding carboxylic acids is 1. The van der Waals surface area contributed by atoms with Crippen molar-refractivity contribution in [2.24, 2.45) is 5.92 Å². The van der Waals surface area contributed by atoms with Gasteiger partial charge < -0.3 is 15.0 Å². The van der Waals surface area contributed by atoms with Crippen molar-refractivity contribution in [3.63, 3.8) is 0 Å². The summed E-state index contributed by atoms with van der Waals surface area (Å²) in [6.07, 6.45) is 1.76. The van der Waals surface area contributed by atoms with E-state index in [0.717, 1.165) is 25.3 Å². The third kappa shape index (κ3) is 4.53. The smallest absolute Gasteiger partial charge is 0.222 e.